The van der Waals surface area contributed by atoms with Gasteiger partial charge in [0.25, 0.3) is 10.0 Å². The van der Waals surface area contributed by atoms with Crippen molar-refractivity contribution in [2.45, 2.75) is 18.7 Å². The minimum atomic E-state index is -3.70. The summed E-state index contributed by atoms with van der Waals surface area (Å²) in [5, 5.41) is 0. The van der Waals surface area contributed by atoms with Gasteiger partial charge in [0.15, 0.2) is 0 Å². The van der Waals surface area contributed by atoms with Crippen LogP contribution in [0.4, 0.5) is 10.1 Å². The Morgan fingerprint density at radius 1 is 1.00 bits per heavy atom. The van der Waals surface area contributed by atoms with Crippen molar-refractivity contribution in [1.82, 2.24) is 0 Å². The SMILES string of the molecule is Cc1ccccc1S(=O)(=O)Nc1cccc(F)c1C. The van der Waals surface area contributed by atoms with Crippen molar-refractivity contribution in [3.63, 3.8) is 0 Å². The van der Waals surface area contributed by atoms with Crippen molar-refractivity contribution < 1.29 is 12.8 Å². The van der Waals surface area contributed by atoms with E-state index in [1.54, 1.807) is 25.1 Å². The number of anilines is 1. The molecule has 0 aliphatic rings. The molecular weight excluding hydrogens is 265 g/mol. The van der Waals surface area contributed by atoms with Crippen LogP contribution in [0.2, 0.25) is 0 Å². The zero-order chi connectivity index (χ0) is 14.0. The first kappa shape index (κ1) is 13.5. The summed E-state index contributed by atoms with van der Waals surface area (Å²) in [7, 11) is -3.70. The lowest BCUT2D eigenvalue weighted by Gasteiger charge is -2.12. The van der Waals surface area contributed by atoms with Gasteiger partial charge in [-0.2, -0.15) is 0 Å². The first-order valence-electron chi connectivity index (χ1n) is 5.75. The van der Waals surface area contributed by atoms with Crippen LogP contribution >= 0.6 is 0 Å². The number of rotatable bonds is 3. The number of nitrogens with one attached hydrogen (secondary N) is 1. The van der Waals surface area contributed by atoms with Gasteiger partial charge in [0, 0.05) is 5.56 Å². The predicted molar refractivity (Wildman–Crippen MR) is 73.1 cm³/mol. The van der Waals surface area contributed by atoms with Crippen LogP contribution in [0.3, 0.4) is 0 Å². The first-order chi connectivity index (χ1) is 8.92. The summed E-state index contributed by atoms with van der Waals surface area (Å²) in [4.78, 5) is 0.193. The zero-order valence-corrected chi connectivity index (χ0v) is 11.5. The highest BCUT2D eigenvalue weighted by Gasteiger charge is 2.17. The lowest BCUT2D eigenvalue weighted by atomic mass is 10.2. The molecule has 2 aromatic rings. The monoisotopic (exact) mass is 279 g/mol. The van der Waals surface area contributed by atoms with E-state index >= 15 is 0 Å². The Morgan fingerprint density at radius 3 is 2.37 bits per heavy atom. The third-order valence-electron chi connectivity index (χ3n) is 2.90. The standard InChI is InChI=1S/C14H14FNO2S/c1-10-6-3-4-9-14(10)19(17,18)16-13-8-5-7-12(15)11(13)2/h3-9,16H,1-2H3. The topological polar surface area (TPSA) is 46.2 Å². The second kappa shape index (κ2) is 5.01. The Hall–Kier alpha value is -1.88. The summed E-state index contributed by atoms with van der Waals surface area (Å²) in [6.45, 7) is 3.25. The average Bonchev–Trinajstić information content (AvgIpc) is 2.35. The summed E-state index contributed by atoms with van der Waals surface area (Å²) >= 11 is 0. The second-order valence-electron chi connectivity index (χ2n) is 4.28. The molecule has 0 atom stereocenters. The van der Waals surface area contributed by atoms with Crippen LogP contribution < -0.4 is 4.72 Å². The molecule has 0 bridgehead atoms. The third-order valence-corrected chi connectivity index (χ3v) is 4.42. The molecule has 0 aliphatic heterocycles. The van der Waals surface area contributed by atoms with Crippen molar-refractivity contribution in [1.29, 1.82) is 0 Å². The van der Waals surface area contributed by atoms with Crippen LogP contribution in [-0.2, 0) is 10.0 Å². The van der Waals surface area contributed by atoms with Gasteiger partial charge in [-0.15, -0.1) is 0 Å². The lowest BCUT2D eigenvalue weighted by molar-refractivity contribution is 0.600. The van der Waals surface area contributed by atoms with E-state index in [-0.39, 0.29) is 16.1 Å². The van der Waals surface area contributed by atoms with Crippen LogP contribution in [-0.4, -0.2) is 8.42 Å². The van der Waals surface area contributed by atoms with E-state index in [2.05, 4.69) is 4.72 Å². The van der Waals surface area contributed by atoms with Crippen molar-refractivity contribution in [3.05, 3.63) is 59.4 Å². The van der Waals surface area contributed by atoms with Crippen molar-refractivity contribution in [2.24, 2.45) is 0 Å². The van der Waals surface area contributed by atoms with Gasteiger partial charge in [-0.05, 0) is 37.6 Å². The minimum absolute atomic E-state index is 0.193. The van der Waals surface area contributed by atoms with Crippen LogP contribution in [0.15, 0.2) is 47.4 Å². The second-order valence-corrected chi connectivity index (χ2v) is 5.93. The largest absolute Gasteiger partial charge is 0.279 e. The Labute approximate surface area is 112 Å². The number of hydrogen-bond donors (Lipinski definition) is 1. The van der Waals surface area contributed by atoms with Crippen LogP contribution in [0, 0.1) is 19.7 Å². The maximum atomic E-state index is 13.4. The fraction of sp³-hybridized carbons (Fsp3) is 0.143. The normalized spacial score (nSPS) is 11.3. The molecule has 0 radical (unpaired) electrons. The Bertz CT molecular complexity index is 711. The van der Waals surface area contributed by atoms with E-state index in [1.165, 1.54) is 31.2 Å². The number of hydrogen-bond acceptors (Lipinski definition) is 2. The van der Waals surface area contributed by atoms with Gasteiger partial charge in [0.1, 0.15) is 5.82 Å². The van der Waals surface area contributed by atoms with E-state index in [0.717, 1.165) is 0 Å². The molecular formula is C14H14FNO2S. The fourth-order valence-corrected chi connectivity index (χ4v) is 3.15. The maximum Gasteiger partial charge on any atom is 0.262 e. The molecule has 0 amide bonds. The van der Waals surface area contributed by atoms with E-state index < -0.39 is 15.8 Å². The number of aryl methyl sites for hydroxylation is 1. The molecule has 3 nitrogen and oxygen atoms in total. The molecule has 0 unspecified atom stereocenters. The number of halogens is 1. The zero-order valence-electron chi connectivity index (χ0n) is 10.6. The molecule has 2 rings (SSSR count). The molecule has 1 N–H and O–H groups in total. The van der Waals surface area contributed by atoms with E-state index in [9.17, 15) is 12.8 Å². The van der Waals surface area contributed by atoms with Gasteiger partial charge >= 0.3 is 0 Å². The van der Waals surface area contributed by atoms with E-state index in [0.29, 0.717) is 5.56 Å². The summed E-state index contributed by atoms with van der Waals surface area (Å²) in [6.07, 6.45) is 0. The van der Waals surface area contributed by atoms with Crippen LogP contribution in [0.1, 0.15) is 11.1 Å². The molecule has 0 fully saturated rings. The first-order valence-corrected chi connectivity index (χ1v) is 7.24. The van der Waals surface area contributed by atoms with Gasteiger partial charge in [0.2, 0.25) is 0 Å². The molecule has 0 saturated heterocycles. The van der Waals surface area contributed by atoms with Gasteiger partial charge in [-0.25, -0.2) is 12.8 Å². The van der Waals surface area contributed by atoms with Gasteiger partial charge < -0.3 is 0 Å². The highest BCUT2D eigenvalue weighted by molar-refractivity contribution is 7.92. The number of sulfonamides is 1. The molecule has 5 heteroatoms. The van der Waals surface area contributed by atoms with Gasteiger partial charge in [-0.1, -0.05) is 24.3 Å². The minimum Gasteiger partial charge on any atom is -0.279 e. The lowest BCUT2D eigenvalue weighted by Crippen LogP contribution is -2.15. The van der Waals surface area contributed by atoms with Gasteiger partial charge in [0.05, 0.1) is 10.6 Å². The summed E-state index contributed by atoms with van der Waals surface area (Å²) in [6, 6.07) is 11.0. The molecule has 2 aromatic carbocycles. The molecule has 0 spiro atoms. The smallest absolute Gasteiger partial charge is 0.262 e. The van der Waals surface area contributed by atoms with E-state index in [4.69, 9.17) is 0 Å². The fourth-order valence-electron chi connectivity index (χ4n) is 1.78. The average molecular weight is 279 g/mol. The molecule has 0 aromatic heterocycles. The van der Waals surface area contributed by atoms with Gasteiger partial charge in [-0.3, -0.25) is 4.72 Å². The third kappa shape index (κ3) is 2.76. The maximum absolute atomic E-state index is 13.4. The van der Waals surface area contributed by atoms with Crippen molar-refractivity contribution in [3.8, 4) is 0 Å². The molecule has 100 valence electrons. The Balaban J connectivity index is 2.43. The predicted octanol–water partition coefficient (Wildman–Crippen LogP) is 3.24. The highest BCUT2D eigenvalue weighted by Crippen LogP contribution is 2.22. The summed E-state index contributed by atoms with van der Waals surface area (Å²) < 4.78 is 40.3. The Morgan fingerprint density at radius 2 is 1.68 bits per heavy atom. The summed E-state index contributed by atoms with van der Waals surface area (Å²) in [5.74, 6) is -0.440. The number of benzene rings is 2. The van der Waals surface area contributed by atoms with Crippen molar-refractivity contribution in [2.75, 3.05) is 4.72 Å². The molecule has 0 saturated carbocycles. The quantitative estimate of drug-likeness (QED) is 0.937. The van der Waals surface area contributed by atoms with Crippen molar-refractivity contribution >= 4 is 15.7 Å². The molecule has 0 heterocycles. The van der Waals surface area contributed by atoms with Crippen LogP contribution in [0.5, 0.6) is 0 Å². The van der Waals surface area contributed by atoms with Crippen LogP contribution in [0.25, 0.3) is 0 Å². The van der Waals surface area contributed by atoms with E-state index in [1.807, 2.05) is 0 Å². The Kier molecular flexibility index (Phi) is 3.57. The molecule has 19 heavy (non-hydrogen) atoms. The highest BCUT2D eigenvalue weighted by atomic mass is 32.2. The summed E-state index contributed by atoms with van der Waals surface area (Å²) in [5.41, 5.74) is 1.17. The molecule has 0 aliphatic carbocycles.